The Hall–Kier alpha value is -3.29. The largest absolute Gasteiger partial charge is 0.402 e. The number of nitrogens with one attached hydrogen (secondary N) is 1. The van der Waals surface area contributed by atoms with E-state index in [9.17, 15) is 35.9 Å². The van der Waals surface area contributed by atoms with Gasteiger partial charge in [-0.3, -0.25) is 9.79 Å². The summed E-state index contributed by atoms with van der Waals surface area (Å²) in [5.41, 5.74) is 1.14. The number of allylic oxidation sites excluding steroid dienone is 1. The molecule has 2 N–H and O–H groups in total. The van der Waals surface area contributed by atoms with Gasteiger partial charge in [-0.1, -0.05) is 18.2 Å². The van der Waals surface area contributed by atoms with Gasteiger partial charge in [0.05, 0.1) is 6.20 Å². The van der Waals surface area contributed by atoms with Gasteiger partial charge in [0, 0.05) is 28.8 Å². The molecule has 0 radical (unpaired) electrons. The lowest BCUT2D eigenvalue weighted by molar-refractivity contribution is -0.121. The van der Waals surface area contributed by atoms with Crippen LogP contribution in [0.2, 0.25) is 0 Å². The molecule has 0 saturated carbocycles. The first-order valence-corrected chi connectivity index (χ1v) is 11.2. The predicted molar refractivity (Wildman–Crippen MR) is 114 cm³/mol. The van der Waals surface area contributed by atoms with Gasteiger partial charge in [0.15, 0.2) is 10.8 Å². The molecule has 1 aliphatic heterocycles. The highest BCUT2D eigenvalue weighted by molar-refractivity contribution is 7.89. The average Bonchev–Trinajstić information content (AvgIpc) is 3.28. The van der Waals surface area contributed by atoms with Crippen LogP contribution in [0.15, 0.2) is 52.8 Å². The highest BCUT2D eigenvalue weighted by Crippen LogP contribution is 2.14. The molecule has 0 bridgehead atoms. The van der Waals surface area contributed by atoms with Crippen molar-refractivity contribution < 1.29 is 35.9 Å². The molecule has 4 rings (SSSR count). The fourth-order valence-electron chi connectivity index (χ4n) is 2.98. The molecule has 2 heterocycles. The molecule has 1 aliphatic carbocycles. The summed E-state index contributed by atoms with van der Waals surface area (Å²) < 4.78 is 73.8. The first kappa shape index (κ1) is 25.3. The first-order chi connectivity index (χ1) is 15.9. The van der Waals surface area contributed by atoms with Gasteiger partial charge in [-0.25, -0.2) is 17.5 Å². The molecular weight excluding hydrogens is 480 g/mol. The number of hydrogen-bond acceptors (Lipinski definition) is 7. The van der Waals surface area contributed by atoms with Crippen LogP contribution in [-0.2, 0) is 21.2 Å². The van der Waals surface area contributed by atoms with Gasteiger partial charge in [-0.15, -0.1) is 5.10 Å². The van der Waals surface area contributed by atoms with E-state index in [1.165, 1.54) is 16.9 Å². The number of alkyl halides is 3. The minimum absolute atomic E-state index is 0.0488. The number of ketones is 1. The van der Waals surface area contributed by atoms with Gasteiger partial charge in [0.2, 0.25) is 0 Å². The van der Waals surface area contributed by atoms with E-state index < -0.39 is 39.7 Å². The molecule has 0 spiro atoms. The summed E-state index contributed by atoms with van der Waals surface area (Å²) in [7, 11) is -4.59. The average molecular weight is 498 g/mol. The second-order valence-electron chi connectivity index (χ2n) is 7.25. The summed E-state index contributed by atoms with van der Waals surface area (Å²) in [4.78, 5) is 15.3. The molecule has 1 aromatic carbocycles. The Morgan fingerprint density at radius 1 is 1.15 bits per heavy atom. The van der Waals surface area contributed by atoms with Crippen molar-refractivity contribution >= 4 is 34.2 Å². The molecule has 0 fully saturated rings. The summed E-state index contributed by atoms with van der Waals surface area (Å²) in [5, 5.41) is 15.1. The maximum absolute atomic E-state index is 12.6. The lowest BCUT2D eigenvalue weighted by atomic mass is 10.0. The third kappa shape index (κ3) is 6.85. The van der Waals surface area contributed by atoms with Crippen LogP contribution in [0.25, 0.3) is 12.2 Å². The molecule has 180 valence electrons. The lowest BCUT2D eigenvalue weighted by Gasteiger charge is -2.11. The van der Waals surface area contributed by atoms with E-state index in [1.807, 2.05) is 24.4 Å². The number of aliphatic hydroxyl groups excluding tert-OH is 1. The minimum Gasteiger partial charge on any atom is -0.381 e. The fourth-order valence-corrected chi connectivity index (χ4v) is 4.10. The topological polar surface area (TPSA) is 122 Å². The van der Waals surface area contributed by atoms with Gasteiger partial charge in [0.1, 0.15) is 18.5 Å². The summed E-state index contributed by atoms with van der Waals surface area (Å²) in [6, 6.07) is 6.61. The number of rotatable bonds is 5. The standard InChI is InChI=1S/C11H10FN.C10H8F3N3O4S/c12-11-3-1-9(2-4-11)7-10-5-6-13-8-10;11-10(12,13)4-15-21(19,20)9-6-2-8(18)7(17)1-5(6)3-14-16-9/h1-6,8,10H,7H2;1-3,8,15,18H,4H2. The number of nitrogens with zero attached hydrogens (tertiary/aromatic N) is 3. The Morgan fingerprint density at radius 2 is 1.85 bits per heavy atom. The van der Waals surface area contributed by atoms with Crippen molar-refractivity contribution in [2.24, 2.45) is 10.9 Å². The lowest BCUT2D eigenvalue weighted by Crippen LogP contribution is -2.43. The third-order valence-corrected chi connectivity index (χ3v) is 5.93. The molecule has 34 heavy (non-hydrogen) atoms. The molecular formula is C21H18F4N4O4S. The van der Waals surface area contributed by atoms with Crippen molar-refractivity contribution in [2.75, 3.05) is 6.54 Å². The number of Topliss-reactive ketones (excluding diaryl/α,β-unsaturated/α-hetero) is 1. The van der Waals surface area contributed by atoms with Crippen LogP contribution < -0.4 is 15.2 Å². The molecule has 0 amide bonds. The van der Waals surface area contributed by atoms with E-state index in [0.29, 0.717) is 5.92 Å². The van der Waals surface area contributed by atoms with Crippen LogP contribution >= 0.6 is 0 Å². The number of aliphatic hydroxyl groups is 1. The van der Waals surface area contributed by atoms with E-state index in [0.717, 1.165) is 30.3 Å². The molecule has 13 heteroatoms. The summed E-state index contributed by atoms with van der Waals surface area (Å²) in [5.74, 6) is -0.494. The van der Waals surface area contributed by atoms with Crippen LogP contribution in [-0.4, -0.2) is 54.5 Å². The number of carbonyl (C=O) groups excluding carboxylic acids is 1. The number of aliphatic imine (C=N–C) groups is 1. The van der Waals surface area contributed by atoms with Crippen molar-refractivity contribution in [2.45, 2.75) is 23.7 Å². The van der Waals surface area contributed by atoms with E-state index in [2.05, 4.69) is 15.2 Å². The van der Waals surface area contributed by atoms with Gasteiger partial charge < -0.3 is 5.11 Å². The van der Waals surface area contributed by atoms with Crippen LogP contribution in [0.3, 0.4) is 0 Å². The van der Waals surface area contributed by atoms with E-state index in [4.69, 9.17) is 0 Å². The Labute approximate surface area is 191 Å². The Kier molecular flexibility index (Phi) is 7.69. The van der Waals surface area contributed by atoms with E-state index in [1.54, 1.807) is 6.20 Å². The van der Waals surface area contributed by atoms with Gasteiger partial charge >= 0.3 is 6.18 Å². The van der Waals surface area contributed by atoms with Crippen molar-refractivity contribution in [3.8, 4) is 0 Å². The quantitative estimate of drug-likeness (QED) is 0.576. The Balaban J connectivity index is 0.000000212. The fraction of sp³-hybridized carbons (Fsp3) is 0.238. The third-order valence-electron chi connectivity index (χ3n) is 4.60. The van der Waals surface area contributed by atoms with E-state index in [-0.39, 0.29) is 16.3 Å². The van der Waals surface area contributed by atoms with Crippen molar-refractivity contribution in [3.63, 3.8) is 0 Å². The van der Waals surface area contributed by atoms with E-state index >= 15 is 0 Å². The predicted octanol–water partition coefficient (Wildman–Crippen LogP) is 0.404. The molecule has 2 unspecified atom stereocenters. The van der Waals surface area contributed by atoms with Crippen LogP contribution in [0.5, 0.6) is 0 Å². The smallest absolute Gasteiger partial charge is 0.381 e. The molecule has 2 aliphatic rings. The minimum atomic E-state index is -4.74. The number of benzene rings is 1. The van der Waals surface area contributed by atoms with Crippen molar-refractivity contribution in [3.05, 3.63) is 64.6 Å². The van der Waals surface area contributed by atoms with Gasteiger partial charge in [-0.2, -0.15) is 18.3 Å². The zero-order chi connectivity index (χ0) is 24.9. The zero-order valence-corrected chi connectivity index (χ0v) is 18.1. The normalized spacial score (nSPS) is 19.0. The van der Waals surface area contributed by atoms with Crippen LogP contribution in [0.1, 0.15) is 5.56 Å². The molecule has 8 nitrogen and oxygen atoms in total. The number of hydrogen-bond donors (Lipinski definition) is 2. The second kappa shape index (κ2) is 10.3. The summed E-state index contributed by atoms with van der Waals surface area (Å²) >= 11 is 0. The first-order valence-electron chi connectivity index (χ1n) is 9.73. The number of fused-ring (bicyclic) bond motifs is 1. The zero-order valence-electron chi connectivity index (χ0n) is 17.3. The second-order valence-corrected chi connectivity index (χ2v) is 8.93. The van der Waals surface area contributed by atoms with Crippen molar-refractivity contribution in [1.29, 1.82) is 0 Å². The van der Waals surface area contributed by atoms with Crippen LogP contribution in [0, 0.1) is 11.7 Å². The number of aromatic nitrogens is 2. The number of halogens is 4. The number of carbonyl (C=O) groups is 1. The summed E-state index contributed by atoms with van der Waals surface area (Å²) in [6.07, 6.45) is 3.24. The SMILES string of the molecule is Fc1ccc(CC2C=CN=C2)cc1.O=C1C=c2cnnc(S(=O)(=O)NCC(F)(F)F)c2=CC1O. The maximum Gasteiger partial charge on any atom is 0.402 e. The Bertz CT molecular complexity index is 1330. The number of sulfonamides is 1. The summed E-state index contributed by atoms with van der Waals surface area (Å²) in [6.45, 7) is -1.77. The van der Waals surface area contributed by atoms with Crippen LogP contribution in [0.4, 0.5) is 17.6 Å². The monoisotopic (exact) mass is 498 g/mol. The highest BCUT2D eigenvalue weighted by atomic mass is 32.2. The maximum atomic E-state index is 12.6. The highest BCUT2D eigenvalue weighted by Gasteiger charge is 2.31. The Morgan fingerprint density at radius 3 is 2.47 bits per heavy atom. The molecule has 2 atom stereocenters. The molecule has 2 aromatic rings. The molecule has 0 saturated heterocycles. The molecule has 1 aromatic heterocycles. The van der Waals surface area contributed by atoms with Gasteiger partial charge in [-0.05, 0) is 36.3 Å². The van der Waals surface area contributed by atoms with Crippen molar-refractivity contribution in [1.82, 2.24) is 14.9 Å². The van der Waals surface area contributed by atoms with Gasteiger partial charge in [0.25, 0.3) is 10.0 Å².